The molecule has 1 aliphatic heterocycles. The molecule has 8 nitrogen and oxygen atoms in total. The minimum atomic E-state index is -0.614. The van der Waals surface area contributed by atoms with Crippen LogP contribution in [0.25, 0.3) is 0 Å². The van der Waals surface area contributed by atoms with E-state index in [-0.39, 0.29) is 28.6 Å². The quantitative estimate of drug-likeness (QED) is 0.442. The third-order valence-corrected chi connectivity index (χ3v) is 5.07. The number of nitro benzene ring substituents is 1. The number of amides is 1. The van der Waals surface area contributed by atoms with Gasteiger partial charge in [-0.05, 0) is 37.6 Å². The van der Waals surface area contributed by atoms with Crippen LogP contribution in [0.3, 0.4) is 0 Å². The lowest BCUT2D eigenvalue weighted by atomic mass is 10.0. The number of ether oxygens (including phenoxy) is 1. The predicted octanol–water partition coefficient (Wildman–Crippen LogP) is 3.64. The topological polar surface area (TPSA) is 97.1 Å². The van der Waals surface area contributed by atoms with Crippen molar-refractivity contribution >= 4 is 29.2 Å². The molecule has 0 bridgehead atoms. The molecule has 1 heterocycles. The molecular formula is C21H23FN4O4. The molecule has 1 saturated heterocycles. The summed E-state index contributed by atoms with van der Waals surface area (Å²) in [6.07, 6.45) is 2.71. The molecule has 3 rings (SSSR count). The van der Waals surface area contributed by atoms with Gasteiger partial charge in [0.1, 0.15) is 0 Å². The average molecular weight is 414 g/mol. The molecule has 1 aliphatic rings. The predicted molar refractivity (Wildman–Crippen MR) is 113 cm³/mol. The fourth-order valence-electron chi connectivity index (χ4n) is 3.35. The molecule has 1 N–H and O–H groups in total. The number of aliphatic imine (C=N–C) groups is 1. The van der Waals surface area contributed by atoms with Gasteiger partial charge in [0.2, 0.25) is 0 Å². The van der Waals surface area contributed by atoms with Crippen LogP contribution in [-0.4, -0.2) is 44.3 Å². The van der Waals surface area contributed by atoms with Gasteiger partial charge in [-0.15, -0.1) is 0 Å². The van der Waals surface area contributed by atoms with Crippen LogP contribution in [0.5, 0.6) is 5.75 Å². The van der Waals surface area contributed by atoms with Crippen molar-refractivity contribution in [1.82, 2.24) is 5.32 Å². The van der Waals surface area contributed by atoms with E-state index in [9.17, 15) is 19.3 Å². The summed E-state index contributed by atoms with van der Waals surface area (Å²) in [5.41, 5.74) is 1.06. The van der Waals surface area contributed by atoms with Gasteiger partial charge in [0, 0.05) is 49.6 Å². The summed E-state index contributed by atoms with van der Waals surface area (Å²) in [5, 5.41) is 14.6. The number of carbonyl (C=O) groups is 1. The molecule has 0 spiro atoms. The molecule has 1 atom stereocenters. The van der Waals surface area contributed by atoms with Crippen molar-refractivity contribution in [3.63, 3.8) is 0 Å². The van der Waals surface area contributed by atoms with Crippen LogP contribution < -0.4 is 15.0 Å². The van der Waals surface area contributed by atoms with E-state index in [0.29, 0.717) is 11.3 Å². The van der Waals surface area contributed by atoms with Crippen LogP contribution in [0, 0.1) is 28.8 Å². The number of aryl methyl sites for hydroxylation is 1. The molecule has 2 aromatic rings. The van der Waals surface area contributed by atoms with Crippen molar-refractivity contribution in [2.24, 2.45) is 10.9 Å². The normalized spacial score (nSPS) is 16.1. The number of nitrogens with zero attached hydrogens (tertiary/aromatic N) is 3. The van der Waals surface area contributed by atoms with Crippen molar-refractivity contribution < 1.29 is 18.8 Å². The molecule has 1 amide bonds. The smallest absolute Gasteiger partial charge is 0.270 e. The molecule has 158 valence electrons. The number of rotatable bonds is 6. The first-order valence-electron chi connectivity index (χ1n) is 9.47. The molecule has 9 heteroatoms. The Morgan fingerprint density at radius 1 is 1.40 bits per heavy atom. The average Bonchev–Trinajstić information content (AvgIpc) is 3.24. The van der Waals surface area contributed by atoms with Crippen LogP contribution in [-0.2, 0) is 0 Å². The summed E-state index contributed by atoms with van der Waals surface area (Å²) in [4.78, 5) is 29.7. The lowest BCUT2D eigenvalue weighted by Crippen LogP contribution is -2.26. The number of nitro groups is 1. The third kappa shape index (κ3) is 4.46. The van der Waals surface area contributed by atoms with E-state index in [2.05, 4.69) is 10.3 Å². The highest BCUT2D eigenvalue weighted by Crippen LogP contribution is 2.32. The van der Waals surface area contributed by atoms with E-state index >= 15 is 0 Å². The van der Waals surface area contributed by atoms with Gasteiger partial charge in [-0.1, -0.05) is 0 Å². The molecule has 0 radical (unpaired) electrons. The molecule has 30 heavy (non-hydrogen) atoms. The minimum absolute atomic E-state index is 0.0567. The fraction of sp³-hybridized carbons (Fsp3) is 0.333. The first-order valence-corrected chi connectivity index (χ1v) is 9.47. The summed E-state index contributed by atoms with van der Waals surface area (Å²) in [7, 11) is 2.83. The number of hydrogen-bond acceptors (Lipinski definition) is 6. The van der Waals surface area contributed by atoms with Crippen LogP contribution >= 0.6 is 0 Å². The number of carbonyl (C=O) groups excluding carboxylic acids is 1. The van der Waals surface area contributed by atoms with E-state index in [1.54, 1.807) is 13.1 Å². The van der Waals surface area contributed by atoms with Gasteiger partial charge < -0.3 is 15.0 Å². The van der Waals surface area contributed by atoms with E-state index < -0.39 is 16.6 Å². The molecule has 0 aromatic heterocycles. The van der Waals surface area contributed by atoms with Crippen molar-refractivity contribution in [3.8, 4) is 5.75 Å². The van der Waals surface area contributed by atoms with Crippen LogP contribution in [0.4, 0.5) is 21.5 Å². The Morgan fingerprint density at radius 2 is 2.17 bits per heavy atom. The van der Waals surface area contributed by atoms with Gasteiger partial charge in [0.05, 0.1) is 23.3 Å². The maximum atomic E-state index is 14.1. The number of benzene rings is 2. The maximum absolute atomic E-state index is 14.1. The van der Waals surface area contributed by atoms with Crippen molar-refractivity contribution in [2.45, 2.75) is 13.3 Å². The van der Waals surface area contributed by atoms with Gasteiger partial charge in [-0.2, -0.15) is 0 Å². The number of nitrogens with one attached hydrogen (secondary N) is 1. The monoisotopic (exact) mass is 414 g/mol. The summed E-state index contributed by atoms with van der Waals surface area (Å²) in [6, 6.07) is 6.74. The van der Waals surface area contributed by atoms with Crippen LogP contribution in [0.1, 0.15) is 22.3 Å². The SMILES string of the molecule is COc1ccc(N(C)C(=O)c2cc([N+](=O)[O-])cc(C)c2/N=C/C2CCNC2)cc1F. The van der Waals surface area contributed by atoms with E-state index in [1.165, 1.54) is 49.4 Å². The summed E-state index contributed by atoms with van der Waals surface area (Å²) in [6.45, 7) is 3.37. The van der Waals surface area contributed by atoms with Crippen LogP contribution in [0.15, 0.2) is 35.3 Å². The second-order valence-corrected chi connectivity index (χ2v) is 7.13. The first-order chi connectivity index (χ1) is 14.3. The number of anilines is 1. The summed E-state index contributed by atoms with van der Waals surface area (Å²) in [5.74, 6) is -0.850. The highest BCUT2D eigenvalue weighted by Gasteiger charge is 2.24. The zero-order valence-electron chi connectivity index (χ0n) is 17.0. The zero-order valence-corrected chi connectivity index (χ0v) is 17.0. The summed E-state index contributed by atoms with van der Waals surface area (Å²) < 4.78 is 19.0. The Bertz CT molecular complexity index is 1000. The molecule has 0 aliphatic carbocycles. The Labute approximate surface area is 173 Å². The van der Waals surface area contributed by atoms with Crippen molar-refractivity contribution in [3.05, 3.63) is 57.4 Å². The maximum Gasteiger partial charge on any atom is 0.270 e. The van der Waals surface area contributed by atoms with Gasteiger partial charge in [0.15, 0.2) is 11.6 Å². The second kappa shape index (κ2) is 9.00. The summed E-state index contributed by atoms with van der Waals surface area (Å²) >= 11 is 0. The molecule has 1 unspecified atom stereocenters. The molecule has 0 saturated carbocycles. The molecular weight excluding hydrogens is 391 g/mol. The Hall–Kier alpha value is -3.33. The number of methoxy groups -OCH3 is 1. The largest absolute Gasteiger partial charge is 0.494 e. The molecule has 1 fully saturated rings. The minimum Gasteiger partial charge on any atom is -0.494 e. The Balaban J connectivity index is 2.01. The van der Waals surface area contributed by atoms with Gasteiger partial charge in [-0.3, -0.25) is 19.9 Å². The van der Waals surface area contributed by atoms with E-state index in [1.807, 2.05) is 0 Å². The highest BCUT2D eigenvalue weighted by atomic mass is 19.1. The lowest BCUT2D eigenvalue weighted by molar-refractivity contribution is -0.384. The Morgan fingerprint density at radius 3 is 2.77 bits per heavy atom. The van der Waals surface area contributed by atoms with E-state index in [4.69, 9.17) is 4.74 Å². The van der Waals surface area contributed by atoms with Crippen molar-refractivity contribution in [1.29, 1.82) is 0 Å². The van der Waals surface area contributed by atoms with Gasteiger partial charge in [0.25, 0.3) is 11.6 Å². The van der Waals surface area contributed by atoms with E-state index in [0.717, 1.165) is 19.5 Å². The van der Waals surface area contributed by atoms with Crippen molar-refractivity contribution in [2.75, 3.05) is 32.1 Å². The number of halogens is 1. The van der Waals surface area contributed by atoms with Crippen LogP contribution in [0.2, 0.25) is 0 Å². The fourth-order valence-corrected chi connectivity index (χ4v) is 3.35. The lowest BCUT2D eigenvalue weighted by Gasteiger charge is -2.19. The molecule has 2 aromatic carbocycles. The number of non-ortho nitro benzene ring substituents is 1. The second-order valence-electron chi connectivity index (χ2n) is 7.13. The van der Waals surface area contributed by atoms with Gasteiger partial charge >= 0.3 is 0 Å². The first kappa shape index (κ1) is 21.4. The highest BCUT2D eigenvalue weighted by molar-refractivity contribution is 6.10. The van der Waals surface area contributed by atoms with Gasteiger partial charge in [-0.25, -0.2) is 4.39 Å². The standard InChI is InChI=1S/C21H23FN4O4/c1-13-8-16(26(28)29)9-17(20(13)24-12-14-6-7-23-11-14)21(27)25(2)15-4-5-19(30-3)18(22)10-15/h4-5,8-10,12,14,23H,6-7,11H2,1-3H3/b24-12+. The third-order valence-electron chi connectivity index (χ3n) is 5.07. The number of hydrogen-bond donors (Lipinski definition) is 1. The Kier molecular flexibility index (Phi) is 6.41. The zero-order chi connectivity index (χ0) is 21.8.